The Bertz CT molecular complexity index is 2580. The number of hydrogen-bond acceptors (Lipinski definition) is 5. The molecule has 0 saturated heterocycles. The van der Waals surface area contributed by atoms with Crippen LogP contribution in [-0.4, -0.2) is 30.2 Å². The summed E-state index contributed by atoms with van der Waals surface area (Å²) in [6.07, 6.45) is 9.38. The highest BCUT2D eigenvalue weighted by atomic mass is 31.1. The summed E-state index contributed by atoms with van der Waals surface area (Å²) in [6.45, 7) is 13.4. The molecule has 374 valence electrons. The van der Waals surface area contributed by atoms with E-state index in [-0.39, 0.29) is 5.82 Å². The van der Waals surface area contributed by atoms with Crippen molar-refractivity contribution in [1.29, 1.82) is 0 Å². The van der Waals surface area contributed by atoms with E-state index in [0.29, 0.717) is 74.5 Å². The first-order chi connectivity index (χ1) is 34.1. The smallest absolute Gasteiger partial charge is 0.298 e. The van der Waals surface area contributed by atoms with Crippen molar-refractivity contribution in [1.82, 2.24) is 0 Å². The molecule has 0 bridgehead atoms. The van der Waals surface area contributed by atoms with Crippen molar-refractivity contribution in [3.8, 4) is 33.4 Å². The van der Waals surface area contributed by atoms with Gasteiger partial charge in [0.05, 0.1) is 5.56 Å². The summed E-state index contributed by atoms with van der Waals surface area (Å²) in [5, 5.41) is 0. The van der Waals surface area contributed by atoms with Gasteiger partial charge in [0, 0.05) is 28.0 Å². The summed E-state index contributed by atoms with van der Waals surface area (Å²) >= 11 is 0. The minimum Gasteiger partial charge on any atom is -0.298 e. The third kappa shape index (κ3) is 17.8. The van der Waals surface area contributed by atoms with E-state index in [1.54, 1.807) is 48.5 Å². The number of carbonyl (C=O) groups excluding carboxylic acids is 3. The lowest BCUT2D eigenvalue weighted by molar-refractivity contribution is -0.137. The molecule has 71 heavy (non-hydrogen) atoms. The van der Waals surface area contributed by atoms with Crippen molar-refractivity contribution < 1.29 is 41.1 Å². The van der Waals surface area contributed by atoms with Crippen LogP contribution in [0.5, 0.6) is 0 Å². The van der Waals surface area contributed by atoms with Crippen LogP contribution >= 0.6 is 16.9 Å². The molecule has 11 heteroatoms. The molecule has 2 aliphatic rings. The van der Waals surface area contributed by atoms with E-state index in [4.69, 9.17) is 0 Å². The molecule has 0 aliphatic heterocycles. The van der Waals surface area contributed by atoms with Gasteiger partial charge in [-0.1, -0.05) is 183 Å². The number of carbonyl (C=O) groups is 3. The molecule has 0 unspecified atom stereocenters. The van der Waals surface area contributed by atoms with Gasteiger partial charge in [0.25, 0.3) is 0 Å². The number of alkyl halides is 3. The summed E-state index contributed by atoms with van der Waals surface area (Å²) in [5.41, 5.74) is 11.4. The molecule has 2 saturated carbocycles. The highest BCUT2D eigenvalue weighted by molar-refractivity contribution is 7.24. The molecular formula is C60H66F4O5P2. The van der Waals surface area contributed by atoms with E-state index >= 15 is 0 Å². The number of benzene rings is 6. The molecule has 8 rings (SSSR count). The van der Waals surface area contributed by atoms with Crippen molar-refractivity contribution in [2.24, 2.45) is 0 Å². The summed E-state index contributed by atoms with van der Waals surface area (Å²) in [7, 11) is 0.748. The first-order valence-corrected chi connectivity index (χ1v) is 26.2. The van der Waals surface area contributed by atoms with Crippen LogP contribution in [0.4, 0.5) is 17.6 Å². The Morgan fingerprint density at radius 3 is 1.17 bits per heavy atom. The van der Waals surface area contributed by atoms with E-state index < -0.39 is 11.7 Å². The standard InChI is InChI=1S/C22H28O.C14H9F3O.C13H9FO.C6H11OP.C5H9OP/c1-14(2)18-11-20(15(3)4)22(21(12-18)16(5)6)19-10-8-7-9-17(19)13-23;15-14(16,17)12-7-5-10(6-8-12)13-4-2-1-3-11(13)9-18;14-12-7-5-10(6-8-12)13-4-2-1-3-11(13)9-15;7-8-6-4-2-1-3-5-6;6-7-5-3-1-2-4-5/h7-16H,1-6H3;1-9H;1-9H;6H,1-5H2;5H,1-4H2. The molecular weight excluding hydrogens is 939 g/mol. The zero-order chi connectivity index (χ0) is 51.9. The molecule has 0 N–H and O–H groups in total. The van der Waals surface area contributed by atoms with Crippen molar-refractivity contribution in [2.45, 2.75) is 135 Å². The van der Waals surface area contributed by atoms with Gasteiger partial charge < -0.3 is 0 Å². The average molecular weight is 1010 g/mol. The highest BCUT2D eigenvalue weighted by Gasteiger charge is 2.30. The Morgan fingerprint density at radius 1 is 0.479 bits per heavy atom. The lowest BCUT2D eigenvalue weighted by Crippen LogP contribution is -2.04. The van der Waals surface area contributed by atoms with E-state index in [2.05, 4.69) is 59.7 Å². The lowest BCUT2D eigenvalue weighted by atomic mass is 9.81. The van der Waals surface area contributed by atoms with Crippen LogP contribution in [0.1, 0.15) is 170 Å². The van der Waals surface area contributed by atoms with E-state index in [0.717, 1.165) is 47.0 Å². The maximum absolute atomic E-state index is 12.7. The quantitative estimate of drug-likeness (QED) is 0.0733. The first-order valence-electron chi connectivity index (χ1n) is 24.5. The topological polar surface area (TPSA) is 85.3 Å². The van der Waals surface area contributed by atoms with E-state index in [9.17, 15) is 41.1 Å². The predicted molar refractivity (Wildman–Crippen MR) is 283 cm³/mol. The normalized spacial score (nSPS) is 13.8. The lowest BCUT2D eigenvalue weighted by Gasteiger charge is -2.24. The first kappa shape index (κ1) is 57.8. The van der Waals surface area contributed by atoms with Crippen LogP contribution in [0.3, 0.4) is 0 Å². The Labute approximate surface area is 421 Å². The van der Waals surface area contributed by atoms with Crippen LogP contribution in [-0.2, 0) is 15.3 Å². The van der Waals surface area contributed by atoms with E-state index in [1.807, 2.05) is 30.3 Å². The highest BCUT2D eigenvalue weighted by Crippen LogP contribution is 2.40. The third-order valence-electron chi connectivity index (χ3n) is 12.5. The van der Waals surface area contributed by atoms with Gasteiger partial charge in [-0.05, 0) is 118 Å². The SMILES string of the molecule is CC(C)c1cc(C(C)C)c(-c2ccccc2C=O)c(C(C)C)c1.O=Cc1ccccc1-c1ccc(C(F)(F)F)cc1.O=Cc1ccccc1-c1ccc(F)cc1.O=PC1CCCC1.O=PC1CCCCC1. The molecule has 0 atom stereocenters. The van der Waals surface area contributed by atoms with Crippen LogP contribution in [0.25, 0.3) is 33.4 Å². The summed E-state index contributed by atoms with van der Waals surface area (Å²) in [6, 6.07) is 37.5. The maximum Gasteiger partial charge on any atom is 0.416 e. The van der Waals surface area contributed by atoms with Gasteiger partial charge >= 0.3 is 6.18 Å². The van der Waals surface area contributed by atoms with Gasteiger partial charge in [-0.15, -0.1) is 0 Å². The number of hydrogen-bond donors (Lipinski definition) is 0. The fourth-order valence-electron chi connectivity index (χ4n) is 8.48. The molecule has 0 heterocycles. The van der Waals surface area contributed by atoms with Crippen molar-refractivity contribution in [2.75, 3.05) is 0 Å². The second-order valence-electron chi connectivity index (χ2n) is 18.7. The van der Waals surface area contributed by atoms with Crippen molar-refractivity contribution in [3.05, 3.63) is 178 Å². The largest absolute Gasteiger partial charge is 0.416 e. The van der Waals surface area contributed by atoms with Gasteiger partial charge in [0.1, 0.15) is 5.82 Å². The Hall–Kier alpha value is -5.75. The Kier molecular flexibility index (Phi) is 24.1. The second-order valence-corrected chi connectivity index (χ2v) is 20.6. The Morgan fingerprint density at radius 2 is 0.831 bits per heavy atom. The molecule has 2 fully saturated rings. The summed E-state index contributed by atoms with van der Waals surface area (Å²) < 4.78 is 70.3. The summed E-state index contributed by atoms with van der Waals surface area (Å²) in [4.78, 5) is 33.2. The van der Waals surface area contributed by atoms with Crippen molar-refractivity contribution >= 4 is 35.8 Å². The number of aldehydes is 3. The predicted octanol–water partition coefficient (Wildman–Crippen LogP) is 18.9. The van der Waals surface area contributed by atoms with Crippen LogP contribution in [0.15, 0.2) is 133 Å². The molecule has 0 radical (unpaired) electrons. The molecule has 0 aromatic heterocycles. The minimum absolute atomic E-state index is 0.276. The minimum atomic E-state index is -4.34. The summed E-state index contributed by atoms with van der Waals surface area (Å²) in [5.74, 6) is 1.06. The molecule has 0 amide bonds. The number of halogens is 4. The third-order valence-corrected chi connectivity index (χ3v) is 14.2. The van der Waals surface area contributed by atoms with E-state index in [1.165, 1.54) is 104 Å². The average Bonchev–Trinajstić information content (AvgIpc) is 3.94. The van der Waals surface area contributed by atoms with Crippen molar-refractivity contribution in [3.63, 3.8) is 0 Å². The zero-order valence-corrected chi connectivity index (χ0v) is 43.4. The molecule has 0 spiro atoms. The molecule has 6 aromatic rings. The van der Waals surface area contributed by atoms with Gasteiger partial charge in [-0.25, -0.2) is 4.39 Å². The van der Waals surface area contributed by atoms with Gasteiger partial charge in [0.2, 0.25) is 0 Å². The van der Waals surface area contributed by atoms with Gasteiger partial charge in [-0.2, -0.15) is 13.2 Å². The van der Waals surface area contributed by atoms with Gasteiger partial charge in [0.15, 0.2) is 35.8 Å². The molecule has 2 aliphatic carbocycles. The zero-order valence-electron chi connectivity index (χ0n) is 41.6. The monoisotopic (exact) mass is 1000 g/mol. The second kappa shape index (κ2) is 29.6. The molecule has 6 aromatic carbocycles. The Balaban J connectivity index is 0.000000204. The van der Waals surface area contributed by atoms with Crippen LogP contribution in [0.2, 0.25) is 0 Å². The number of rotatable bonds is 11. The van der Waals surface area contributed by atoms with Crippen LogP contribution in [0, 0.1) is 5.82 Å². The van der Waals surface area contributed by atoms with Gasteiger partial charge in [-0.3, -0.25) is 23.5 Å². The molecule has 5 nitrogen and oxygen atoms in total. The van der Waals surface area contributed by atoms with Crippen LogP contribution < -0.4 is 0 Å². The maximum atomic E-state index is 12.7. The fourth-order valence-corrected chi connectivity index (χ4v) is 9.64. The fraction of sp³-hybridized carbons (Fsp3) is 0.350.